The summed E-state index contributed by atoms with van der Waals surface area (Å²) in [7, 11) is 0. The number of hydrogen-bond donors (Lipinski definition) is 2. The van der Waals surface area contributed by atoms with Crippen LogP contribution in [0.5, 0.6) is 0 Å². The molecule has 2 unspecified atom stereocenters. The van der Waals surface area contributed by atoms with Crippen LogP contribution in [0.4, 0.5) is 5.82 Å². The molecule has 0 amide bonds. The quantitative estimate of drug-likeness (QED) is 0.773. The van der Waals surface area contributed by atoms with Crippen LogP contribution in [0.3, 0.4) is 0 Å². The highest BCUT2D eigenvalue weighted by Gasteiger charge is 2.13. The normalized spacial score (nSPS) is 14.5. The summed E-state index contributed by atoms with van der Waals surface area (Å²) >= 11 is 0. The second kappa shape index (κ2) is 5.65. The molecule has 0 bridgehead atoms. The molecule has 0 spiro atoms. The zero-order valence-corrected chi connectivity index (χ0v) is 9.97. The predicted octanol–water partition coefficient (Wildman–Crippen LogP) is 0.692. The third-order valence-corrected chi connectivity index (χ3v) is 2.76. The summed E-state index contributed by atoms with van der Waals surface area (Å²) in [6.07, 6.45) is 3.26. The second-order valence-electron chi connectivity index (χ2n) is 3.96. The largest absolute Gasteiger partial charge is 0.396 e. The lowest BCUT2D eigenvalue weighted by Crippen LogP contribution is -2.32. The third kappa shape index (κ3) is 2.82. The van der Waals surface area contributed by atoms with E-state index in [1.54, 1.807) is 17.0 Å². The average molecular weight is 225 g/mol. The topological polar surface area (TPSA) is 67.2 Å². The molecule has 1 rings (SSSR count). The first-order valence-corrected chi connectivity index (χ1v) is 5.53. The smallest absolute Gasteiger partial charge is 0.293 e. The molecule has 5 nitrogen and oxygen atoms in total. The minimum Gasteiger partial charge on any atom is -0.396 e. The maximum absolute atomic E-state index is 11.8. The Balaban J connectivity index is 2.85. The van der Waals surface area contributed by atoms with Gasteiger partial charge in [0.2, 0.25) is 0 Å². The molecule has 5 heteroatoms. The predicted molar refractivity (Wildman–Crippen MR) is 63.5 cm³/mol. The van der Waals surface area contributed by atoms with E-state index in [9.17, 15) is 4.79 Å². The lowest BCUT2D eigenvalue weighted by molar-refractivity contribution is 0.226. The zero-order valence-electron chi connectivity index (χ0n) is 9.97. The van der Waals surface area contributed by atoms with Crippen molar-refractivity contribution in [1.82, 2.24) is 9.55 Å². The number of nitrogens with zero attached hydrogens (tertiary/aromatic N) is 2. The molecule has 1 aromatic rings. The van der Waals surface area contributed by atoms with Crippen LogP contribution in [0.25, 0.3) is 0 Å². The van der Waals surface area contributed by atoms with Gasteiger partial charge in [-0.15, -0.1) is 0 Å². The maximum Gasteiger partial charge on any atom is 0.293 e. The molecule has 0 aliphatic heterocycles. The fourth-order valence-electron chi connectivity index (χ4n) is 1.31. The number of nitrogens with one attached hydrogen (secondary N) is 1. The van der Waals surface area contributed by atoms with Crippen LogP contribution in [0.2, 0.25) is 0 Å². The zero-order chi connectivity index (χ0) is 12.1. The van der Waals surface area contributed by atoms with E-state index < -0.39 is 0 Å². The molecular formula is C11H19N3O2. The first-order valence-electron chi connectivity index (χ1n) is 5.53. The van der Waals surface area contributed by atoms with Gasteiger partial charge in [0, 0.05) is 31.6 Å². The monoisotopic (exact) mass is 225 g/mol. The molecule has 0 aliphatic carbocycles. The van der Waals surface area contributed by atoms with Crippen molar-refractivity contribution >= 4 is 5.82 Å². The molecule has 1 heterocycles. The molecule has 0 radical (unpaired) electrons. The molecule has 16 heavy (non-hydrogen) atoms. The fourth-order valence-corrected chi connectivity index (χ4v) is 1.31. The highest BCUT2D eigenvalue weighted by Crippen LogP contribution is 2.06. The van der Waals surface area contributed by atoms with Crippen molar-refractivity contribution in [3.05, 3.63) is 22.7 Å². The highest BCUT2D eigenvalue weighted by molar-refractivity contribution is 5.32. The van der Waals surface area contributed by atoms with Gasteiger partial charge in [-0.2, -0.15) is 0 Å². The molecule has 0 saturated carbocycles. The number of aromatic nitrogens is 2. The molecule has 2 N–H and O–H groups in total. The van der Waals surface area contributed by atoms with E-state index in [1.807, 2.05) is 20.8 Å². The van der Waals surface area contributed by atoms with Gasteiger partial charge >= 0.3 is 0 Å². The number of hydrogen-bond acceptors (Lipinski definition) is 4. The van der Waals surface area contributed by atoms with Gasteiger partial charge < -0.3 is 15.0 Å². The van der Waals surface area contributed by atoms with Crippen molar-refractivity contribution in [2.75, 3.05) is 11.9 Å². The minimum absolute atomic E-state index is 0.0120. The number of aliphatic hydroxyl groups excluding tert-OH is 1. The lowest BCUT2D eigenvalue weighted by Gasteiger charge is -2.19. The summed E-state index contributed by atoms with van der Waals surface area (Å²) < 4.78 is 1.59. The number of anilines is 1. The summed E-state index contributed by atoms with van der Waals surface area (Å²) in [6.45, 7) is 6.46. The Labute approximate surface area is 95.1 Å². The van der Waals surface area contributed by atoms with Crippen molar-refractivity contribution in [2.45, 2.75) is 33.4 Å². The molecule has 1 aromatic heterocycles. The number of aryl methyl sites for hydroxylation is 1. The second-order valence-corrected chi connectivity index (χ2v) is 3.96. The van der Waals surface area contributed by atoms with E-state index in [2.05, 4.69) is 10.3 Å². The molecule has 0 fully saturated rings. The average Bonchev–Trinajstić information content (AvgIpc) is 2.30. The van der Waals surface area contributed by atoms with Crippen molar-refractivity contribution in [2.24, 2.45) is 5.92 Å². The summed E-state index contributed by atoms with van der Waals surface area (Å²) in [5.74, 6) is 0.425. The molecule has 90 valence electrons. The molecule has 0 saturated heterocycles. The van der Waals surface area contributed by atoms with Crippen molar-refractivity contribution in [3.8, 4) is 0 Å². The van der Waals surface area contributed by atoms with Gasteiger partial charge in [-0.3, -0.25) is 4.79 Å². The van der Waals surface area contributed by atoms with Gasteiger partial charge in [-0.05, 0) is 19.8 Å². The summed E-state index contributed by atoms with van der Waals surface area (Å²) in [4.78, 5) is 15.8. The molecular weight excluding hydrogens is 206 g/mol. The first kappa shape index (κ1) is 12.7. The SMILES string of the molecule is CCn1ccnc(NC(C)C(C)CO)c1=O. The summed E-state index contributed by atoms with van der Waals surface area (Å²) in [5, 5.41) is 12.0. The Bertz CT molecular complexity index is 389. The van der Waals surface area contributed by atoms with Crippen LogP contribution >= 0.6 is 0 Å². The number of rotatable bonds is 5. The van der Waals surface area contributed by atoms with Gasteiger partial charge in [0.25, 0.3) is 5.56 Å². The Kier molecular flexibility index (Phi) is 4.49. The first-order chi connectivity index (χ1) is 7.60. The van der Waals surface area contributed by atoms with Gasteiger partial charge in [-0.25, -0.2) is 4.98 Å². The van der Waals surface area contributed by atoms with Crippen molar-refractivity contribution in [3.63, 3.8) is 0 Å². The van der Waals surface area contributed by atoms with E-state index >= 15 is 0 Å². The van der Waals surface area contributed by atoms with Crippen LogP contribution in [-0.4, -0.2) is 27.3 Å². The van der Waals surface area contributed by atoms with Gasteiger partial charge in [0.1, 0.15) is 0 Å². The van der Waals surface area contributed by atoms with Gasteiger partial charge in [0.15, 0.2) is 5.82 Å². The standard InChI is InChI=1S/C11H19N3O2/c1-4-14-6-5-12-10(11(14)16)13-9(3)8(2)7-15/h5-6,8-9,15H,4,7H2,1-3H3,(H,12,13). The maximum atomic E-state index is 11.8. The lowest BCUT2D eigenvalue weighted by atomic mass is 10.1. The van der Waals surface area contributed by atoms with Crippen LogP contribution in [0.1, 0.15) is 20.8 Å². The molecule has 2 atom stereocenters. The van der Waals surface area contributed by atoms with E-state index in [4.69, 9.17) is 5.11 Å². The highest BCUT2D eigenvalue weighted by atomic mass is 16.3. The van der Waals surface area contributed by atoms with E-state index in [0.717, 1.165) is 0 Å². The molecule has 0 aliphatic rings. The van der Waals surface area contributed by atoms with Gasteiger partial charge in [-0.1, -0.05) is 6.92 Å². The van der Waals surface area contributed by atoms with Crippen LogP contribution < -0.4 is 10.9 Å². The summed E-state index contributed by atoms with van der Waals surface area (Å²) in [6, 6.07) is 0.0120. The summed E-state index contributed by atoms with van der Waals surface area (Å²) in [5.41, 5.74) is -0.123. The minimum atomic E-state index is -0.123. The Morgan fingerprint density at radius 1 is 1.56 bits per heavy atom. The van der Waals surface area contributed by atoms with Crippen LogP contribution in [0.15, 0.2) is 17.2 Å². The number of aliphatic hydroxyl groups is 1. The molecule has 0 aromatic carbocycles. The Hall–Kier alpha value is -1.36. The van der Waals surface area contributed by atoms with Crippen molar-refractivity contribution in [1.29, 1.82) is 0 Å². The van der Waals surface area contributed by atoms with E-state index in [-0.39, 0.29) is 24.1 Å². The third-order valence-electron chi connectivity index (χ3n) is 2.76. The van der Waals surface area contributed by atoms with E-state index in [0.29, 0.717) is 12.4 Å². The van der Waals surface area contributed by atoms with Crippen LogP contribution in [-0.2, 0) is 6.54 Å². The fraction of sp³-hybridized carbons (Fsp3) is 0.636. The Morgan fingerprint density at radius 2 is 2.25 bits per heavy atom. The van der Waals surface area contributed by atoms with Gasteiger partial charge in [0.05, 0.1) is 0 Å². The van der Waals surface area contributed by atoms with Crippen LogP contribution in [0, 0.1) is 5.92 Å². The van der Waals surface area contributed by atoms with Crippen molar-refractivity contribution < 1.29 is 5.11 Å². The van der Waals surface area contributed by atoms with E-state index in [1.165, 1.54) is 0 Å². The Morgan fingerprint density at radius 3 is 2.81 bits per heavy atom.